The van der Waals surface area contributed by atoms with Crippen molar-refractivity contribution in [2.24, 2.45) is 5.10 Å². The van der Waals surface area contributed by atoms with Gasteiger partial charge in [-0.1, -0.05) is 18.2 Å². The van der Waals surface area contributed by atoms with Crippen molar-refractivity contribution in [3.63, 3.8) is 0 Å². The van der Waals surface area contributed by atoms with Gasteiger partial charge in [-0.05, 0) is 30.1 Å². The van der Waals surface area contributed by atoms with Crippen molar-refractivity contribution in [2.45, 2.75) is 0 Å². The third-order valence-corrected chi connectivity index (χ3v) is 3.08. The van der Waals surface area contributed by atoms with E-state index in [9.17, 15) is 15.2 Å². The number of nitrogens with zero attached hydrogens (tertiary/aromatic N) is 2. The minimum atomic E-state index is -0.734. The van der Waals surface area contributed by atoms with E-state index in [1.54, 1.807) is 31.4 Å². The predicted octanol–water partition coefficient (Wildman–Crippen LogP) is 2.00. The average molecular weight is 345 g/mol. The Morgan fingerprint density at radius 1 is 1.33 bits per heavy atom. The molecule has 0 saturated carbocycles. The lowest BCUT2D eigenvalue weighted by Gasteiger charge is -2.08. The highest BCUT2D eigenvalue weighted by atomic mass is 32.1. The number of nitro benzene ring substituents is 1. The Balaban J connectivity index is 1.97. The zero-order valence-corrected chi connectivity index (χ0v) is 13.4. The van der Waals surface area contributed by atoms with E-state index in [0.717, 1.165) is 12.1 Å². The van der Waals surface area contributed by atoms with Crippen LogP contribution < -0.4 is 20.6 Å². The predicted molar refractivity (Wildman–Crippen MR) is 92.5 cm³/mol. The van der Waals surface area contributed by atoms with E-state index in [-0.39, 0.29) is 5.11 Å². The molecule has 8 nitrogen and oxygen atoms in total. The lowest BCUT2D eigenvalue weighted by atomic mass is 10.2. The van der Waals surface area contributed by atoms with Gasteiger partial charge in [0.1, 0.15) is 5.75 Å². The Morgan fingerprint density at radius 2 is 2.12 bits per heavy atom. The summed E-state index contributed by atoms with van der Waals surface area (Å²) in [6, 6.07) is 10.9. The minimum Gasteiger partial charge on any atom is -0.868 e. The summed E-state index contributed by atoms with van der Waals surface area (Å²) in [6.07, 6.45) is 1.33. The smallest absolute Gasteiger partial charge is 0.262 e. The summed E-state index contributed by atoms with van der Waals surface area (Å²) >= 11 is 5.08. The maximum atomic E-state index is 11.3. The van der Waals surface area contributed by atoms with E-state index in [1.807, 2.05) is 0 Å². The number of hydrogen-bond donors (Lipinski definition) is 2. The number of ether oxygens (including phenoxy) is 1. The van der Waals surface area contributed by atoms with Crippen molar-refractivity contribution in [2.75, 3.05) is 12.4 Å². The summed E-state index contributed by atoms with van der Waals surface area (Å²) in [6.45, 7) is 0. The number of methoxy groups -OCH3 is 1. The molecule has 2 rings (SSSR count). The van der Waals surface area contributed by atoms with E-state index in [4.69, 9.17) is 17.0 Å². The molecule has 124 valence electrons. The monoisotopic (exact) mass is 345 g/mol. The Labute approximate surface area is 142 Å². The molecule has 2 N–H and O–H groups in total. The standard InChI is InChI=1S/C15H14N4O4S/c1-23-12-4-2-3-11(8-12)17-15(24)18-16-9-10-5-6-14(20)13(7-10)19(21)22/h2-9,20H,1H3,(H2,17,18,24)/p-1/b16-9-. The van der Waals surface area contributed by atoms with Gasteiger partial charge in [-0.25, -0.2) is 0 Å². The fourth-order valence-electron chi connectivity index (χ4n) is 1.78. The van der Waals surface area contributed by atoms with Crippen molar-refractivity contribution in [1.29, 1.82) is 0 Å². The Morgan fingerprint density at radius 3 is 2.83 bits per heavy atom. The van der Waals surface area contributed by atoms with Gasteiger partial charge in [0.05, 0.1) is 18.2 Å². The van der Waals surface area contributed by atoms with Crippen LogP contribution in [-0.2, 0) is 0 Å². The molecule has 0 radical (unpaired) electrons. The quantitative estimate of drug-likeness (QED) is 0.369. The van der Waals surface area contributed by atoms with E-state index < -0.39 is 16.4 Å². The number of hydrazone groups is 1. The number of hydrogen-bond acceptors (Lipinski definition) is 6. The van der Waals surface area contributed by atoms with Gasteiger partial charge in [-0.2, -0.15) is 5.10 Å². The molecule has 0 fully saturated rings. The summed E-state index contributed by atoms with van der Waals surface area (Å²) in [5, 5.41) is 29.0. The summed E-state index contributed by atoms with van der Waals surface area (Å²) in [4.78, 5) is 9.98. The second-order valence-corrected chi connectivity index (χ2v) is 4.95. The molecule has 0 aliphatic rings. The summed E-state index contributed by atoms with van der Waals surface area (Å²) < 4.78 is 5.10. The van der Waals surface area contributed by atoms with Crippen LogP contribution in [0.2, 0.25) is 0 Å². The largest absolute Gasteiger partial charge is 0.868 e. The first-order valence-corrected chi connectivity index (χ1v) is 7.10. The summed E-state index contributed by atoms with van der Waals surface area (Å²) in [5.41, 5.74) is 3.19. The zero-order valence-electron chi connectivity index (χ0n) is 12.6. The van der Waals surface area contributed by atoms with Crippen LogP contribution in [0.5, 0.6) is 11.5 Å². The molecule has 2 aromatic rings. The van der Waals surface area contributed by atoms with Gasteiger partial charge in [0.25, 0.3) is 5.69 Å². The van der Waals surface area contributed by atoms with Gasteiger partial charge >= 0.3 is 0 Å². The number of thiocarbonyl (C=S) groups is 1. The number of anilines is 1. The molecule has 0 aromatic heterocycles. The average Bonchev–Trinajstić information content (AvgIpc) is 2.56. The van der Waals surface area contributed by atoms with Gasteiger partial charge in [0.15, 0.2) is 5.11 Å². The normalized spacial score (nSPS) is 10.4. The van der Waals surface area contributed by atoms with Crippen molar-refractivity contribution in [3.05, 3.63) is 58.1 Å². The number of nitro groups is 1. The molecule has 0 amide bonds. The van der Waals surface area contributed by atoms with Crippen molar-refractivity contribution in [3.8, 4) is 11.5 Å². The van der Waals surface area contributed by atoms with Crippen LogP contribution in [0.4, 0.5) is 11.4 Å². The highest BCUT2D eigenvalue weighted by Crippen LogP contribution is 2.22. The van der Waals surface area contributed by atoms with Gasteiger partial charge in [0, 0.05) is 23.4 Å². The Kier molecular flexibility index (Phi) is 5.63. The van der Waals surface area contributed by atoms with Gasteiger partial charge in [-0.15, -0.1) is 0 Å². The first-order valence-electron chi connectivity index (χ1n) is 6.69. The topological polar surface area (TPSA) is 112 Å². The van der Waals surface area contributed by atoms with Crippen LogP contribution in [0.3, 0.4) is 0 Å². The maximum absolute atomic E-state index is 11.3. The molecule has 0 saturated heterocycles. The van der Waals surface area contributed by atoms with Crippen LogP contribution in [0.25, 0.3) is 0 Å². The molecule has 0 aliphatic heterocycles. The fourth-order valence-corrected chi connectivity index (χ4v) is 1.95. The van der Waals surface area contributed by atoms with Crippen molar-refractivity contribution < 1.29 is 14.8 Å². The molecule has 24 heavy (non-hydrogen) atoms. The number of nitrogens with one attached hydrogen (secondary N) is 2. The Bertz CT molecular complexity index is 795. The summed E-state index contributed by atoms with van der Waals surface area (Å²) in [7, 11) is 1.56. The van der Waals surface area contributed by atoms with Crippen molar-refractivity contribution >= 4 is 34.9 Å². The van der Waals surface area contributed by atoms with E-state index >= 15 is 0 Å². The van der Waals surface area contributed by atoms with Crippen LogP contribution >= 0.6 is 12.2 Å². The minimum absolute atomic E-state index is 0.231. The Hall–Kier alpha value is -3.20. The molecule has 0 spiro atoms. The first kappa shape index (κ1) is 17.2. The number of rotatable bonds is 5. The third kappa shape index (κ3) is 4.65. The highest BCUT2D eigenvalue weighted by molar-refractivity contribution is 7.80. The summed E-state index contributed by atoms with van der Waals surface area (Å²) in [5.74, 6) is 0.0247. The van der Waals surface area contributed by atoms with E-state index in [0.29, 0.717) is 17.0 Å². The van der Waals surface area contributed by atoms with E-state index in [1.165, 1.54) is 12.3 Å². The highest BCUT2D eigenvalue weighted by Gasteiger charge is 2.06. The molecular weight excluding hydrogens is 332 g/mol. The molecular formula is C15H13N4O4S-. The molecule has 0 unspecified atom stereocenters. The van der Waals surface area contributed by atoms with Crippen molar-refractivity contribution in [1.82, 2.24) is 5.43 Å². The molecule has 0 heterocycles. The van der Waals surface area contributed by atoms with Gasteiger partial charge in [-0.3, -0.25) is 15.5 Å². The van der Waals surface area contributed by atoms with Crippen LogP contribution in [0.1, 0.15) is 5.56 Å². The molecule has 9 heteroatoms. The van der Waals surface area contributed by atoms with Crippen LogP contribution in [-0.4, -0.2) is 23.4 Å². The molecule has 0 aliphatic carbocycles. The van der Waals surface area contributed by atoms with Gasteiger partial charge in [0.2, 0.25) is 0 Å². The second-order valence-electron chi connectivity index (χ2n) is 4.54. The SMILES string of the molecule is COc1cccc(NC(=S)N/N=C\c2ccc([O-])c([N+](=O)[O-])c2)c1. The lowest BCUT2D eigenvalue weighted by molar-refractivity contribution is -0.398. The van der Waals surface area contributed by atoms with E-state index in [2.05, 4.69) is 15.8 Å². The molecule has 0 bridgehead atoms. The van der Waals surface area contributed by atoms with Crippen LogP contribution in [0, 0.1) is 10.1 Å². The van der Waals surface area contributed by atoms with Crippen LogP contribution in [0.15, 0.2) is 47.6 Å². The number of benzene rings is 2. The third-order valence-electron chi connectivity index (χ3n) is 2.89. The lowest BCUT2D eigenvalue weighted by Crippen LogP contribution is -2.23. The molecule has 0 atom stereocenters. The maximum Gasteiger partial charge on any atom is 0.262 e. The zero-order chi connectivity index (χ0) is 17.5. The second kappa shape index (κ2) is 7.88. The van der Waals surface area contributed by atoms with Gasteiger partial charge < -0.3 is 15.2 Å². The first-order chi connectivity index (χ1) is 11.5. The molecule has 2 aromatic carbocycles. The fraction of sp³-hybridized carbons (Fsp3) is 0.0667.